The Kier molecular flexibility index (Phi) is 6.27. The summed E-state index contributed by atoms with van der Waals surface area (Å²) < 4.78 is 29.9. The fraction of sp³-hybridized carbons (Fsp3) is 0.208. The molecular weight excluding hydrogens is 396 g/mol. The molecule has 0 spiro atoms. The Morgan fingerprint density at radius 1 is 0.900 bits per heavy atom. The number of carbonyl (C=O) groups is 1. The first-order valence-electron chi connectivity index (χ1n) is 9.68. The van der Waals surface area contributed by atoms with Crippen LogP contribution in [0.1, 0.15) is 31.9 Å². The number of nitrogens with zero attached hydrogens (tertiary/aromatic N) is 2. The van der Waals surface area contributed by atoms with Gasteiger partial charge in [-0.3, -0.25) is 4.79 Å². The fourth-order valence-electron chi connectivity index (χ4n) is 2.97. The van der Waals surface area contributed by atoms with Gasteiger partial charge in [-0.2, -0.15) is 8.42 Å². The molecule has 0 saturated heterocycles. The van der Waals surface area contributed by atoms with Crippen molar-refractivity contribution >= 4 is 27.4 Å². The van der Waals surface area contributed by atoms with Crippen molar-refractivity contribution in [3.05, 3.63) is 89.0 Å². The van der Waals surface area contributed by atoms with Gasteiger partial charge in [0.15, 0.2) is 11.6 Å². The van der Waals surface area contributed by atoms with Crippen LogP contribution in [0.15, 0.2) is 92.2 Å². The Hall–Kier alpha value is -3.12. The molecule has 1 aliphatic rings. The zero-order valence-electron chi connectivity index (χ0n) is 17.5. The molecule has 0 heterocycles. The molecule has 0 unspecified atom stereocenters. The van der Waals surface area contributed by atoms with Crippen LogP contribution >= 0.6 is 0 Å². The van der Waals surface area contributed by atoms with Crippen LogP contribution in [0, 0.1) is 12.8 Å². The van der Waals surface area contributed by atoms with E-state index >= 15 is 0 Å². The first-order valence-corrected chi connectivity index (χ1v) is 11.1. The molecule has 0 radical (unpaired) electrons. The number of allylic oxidation sites excluding steroid dienone is 4. The van der Waals surface area contributed by atoms with Crippen molar-refractivity contribution in [3.8, 4) is 0 Å². The molecular formula is C24H24N2O3S. The van der Waals surface area contributed by atoms with Crippen molar-refractivity contribution in [2.24, 2.45) is 15.3 Å². The quantitative estimate of drug-likeness (QED) is 0.409. The van der Waals surface area contributed by atoms with Gasteiger partial charge in [0.25, 0.3) is 10.0 Å². The maximum atomic E-state index is 12.9. The molecule has 0 fully saturated rings. The smallest absolute Gasteiger partial charge is 0.284 e. The molecule has 0 aromatic heterocycles. The molecule has 154 valence electrons. The largest absolute Gasteiger partial charge is 0.290 e. The van der Waals surface area contributed by atoms with Gasteiger partial charge in [0.2, 0.25) is 0 Å². The zero-order chi connectivity index (χ0) is 21.9. The van der Waals surface area contributed by atoms with Crippen LogP contribution in [0.3, 0.4) is 0 Å². The number of hydrogen-bond donors (Lipinski definition) is 0. The van der Waals surface area contributed by atoms with Gasteiger partial charge in [0.1, 0.15) is 0 Å². The average molecular weight is 421 g/mol. The molecule has 30 heavy (non-hydrogen) atoms. The molecule has 2 aromatic rings. The predicted octanol–water partition coefficient (Wildman–Crippen LogP) is 4.68. The highest BCUT2D eigenvalue weighted by atomic mass is 32.2. The van der Waals surface area contributed by atoms with Gasteiger partial charge >= 0.3 is 0 Å². The van der Waals surface area contributed by atoms with Crippen molar-refractivity contribution in [2.45, 2.75) is 32.6 Å². The first kappa shape index (κ1) is 21.6. The van der Waals surface area contributed by atoms with E-state index in [1.165, 1.54) is 18.2 Å². The van der Waals surface area contributed by atoms with Gasteiger partial charge < -0.3 is 0 Å². The fourth-order valence-corrected chi connectivity index (χ4v) is 3.93. The van der Waals surface area contributed by atoms with E-state index in [2.05, 4.69) is 9.39 Å². The van der Waals surface area contributed by atoms with Crippen molar-refractivity contribution in [1.82, 2.24) is 0 Å². The van der Waals surface area contributed by atoms with Crippen molar-refractivity contribution in [3.63, 3.8) is 0 Å². The normalized spacial score (nSPS) is 16.6. The summed E-state index contributed by atoms with van der Waals surface area (Å²) in [7, 11) is -3.96. The SMILES string of the molecule is CC1=CC(=O)C(C(C)C)=CC1=NC(=NS(=O)(=O)c1ccc(C)cc1)c1ccccc1. The van der Waals surface area contributed by atoms with Gasteiger partial charge in [0, 0.05) is 11.1 Å². The predicted molar refractivity (Wildman–Crippen MR) is 120 cm³/mol. The number of hydrogen-bond acceptors (Lipinski definition) is 3. The minimum Gasteiger partial charge on any atom is -0.290 e. The number of carbonyl (C=O) groups excluding carboxylic acids is 1. The third-order valence-electron chi connectivity index (χ3n) is 4.73. The van der Waals surface area contributed by atoms with E-state index in [1.54, 1.807) is 49.4 Å². The highest BCUT2D eigenvalue weighted by Crippen LogP contribution is 2.21. The van der Waals surface area contributed by atoms with E-state index in [9.17, 15) is 13.2 Å². The molecule has 5 nitrogen and oxygen atoms in total. The summed E-state index contributed by atoms with van der Waals surface area (Å²) >= 11 is 0. The first-order chi connectivity index (χ1) is 14.2. The lowest BCUT2D eigenvalue weighted by atomic mass is 9.90. The van der Waals surface area contributed by atoms with Crippen LogP contribution in [0.2, 0.25) is 0 Å². The molecule has 1 aliphatic carbocycles. The maximum Gasteiger partial charge on any atom is 0.284 e. The van der Waals surface area contributed by atoms with Crippen molar-refractivity contribution in [1.29, 1.82) is 0 Å². The second-order valence-electron chi connectivity index (χ2n) is 7.51. The number of ketones is 1. The van der Waals surface area contributed by atoms with E-state index < -0.39 is 10.0 Å². The highest BCUT2D eigenvalue weighted by Gasteiger charge is 2.21. The minimum atomic E-state index is -3.96. The number of aryl methyl sites for hydroxylation is 1. The molecule has 3 rings (SSSR count). The molecule has 0 aliphatic heterocycles. The van der Waals surface area contributed by atoms with E-state index in [0.29, 0.717) is 22.4 Å². The van der Waals surface area contributed by atoms with Gasteiger partial charge in [-0.05, 0) is 49.6 Å². The lowest BCUT2D eigenvalue weighted by molar-refractivity contribution is -0.111. The number of amidine groups is 1. The summed E-state index contributed by atoms with van der Waals surface area (Å²) in [6, 6.07) is 15.5. The van der Waals surface area contributed by atoms with Gasteiger partial charge in [-0.1, -0.05) is 61.9 Å². The molecule has 0 saturated carbocycles. The van der Waals surface area contributed by atoms with Crippen LogP contribution in [0.4, 0.5) is 0 Å². The number of benzene rings is 2. The Morgan fingerprint density at radius 3 is 2.13 bits per heavy atom. The monoisotopic (exact) mass is 420 g/mol. The van der Waals surface area contributed by atoms with Crippen molar-refractivity contribution in [2.75, 3.05) is 0 Å². The number of aliphatic imine (C=N–C) groups is 1. The Bertz CT molecular complexity index is 1180. The molecule has 0 N–H and O–H groups in total. The standard InChI is InChI=1S/C24H24N2O3S/c1-16(2)21-15-22(18(4)14-23(21)27)25-24(19-8-6-5-7-9-19)26-30(28,29)20-12-10-17(3)11-13-20/h5-16H,1-4H3. The molecule has 6 heteroatoms. The summed E-state index contributed by atoms with van der Waals surface area (Å²) in [5.74, 6) is 0.0556. The van der Waals surface area contributed by atoms with E-state index in [-0.39, 0.29) is 22.4 Å². The van der Waals surface area contributed by atoms with Crippen molar-refractivity contribution < 1.29 is 13.2 Å². The van der Waals surface area contributed by atoms with Crippen LogP contribution in [-0.2, 0) is 14.8 Å². The summed E-state index contributed by atoms with van der Waals surface area (Å²) in [6.07, 6.45) is 3.25. The number of sulfonamides is 1. The van der Waals surface area contributed by atoms with Gasteiger partial charge in [-0.15, -0.1) is 4.40 Å². The second-order valence-corrected chi connectivity index (χ2v) is 9.12. The Balaban J connectivity index is 2.16. The highest BCUT2D eigenvalue weighted by molar-refractivity contribution is 7.90. The topological polar surface area (TPSA) is 75.9 Å². The Labute approximate surface area is 177 Å². The van der Waals surface area contributed by atoms with Gasteiger partial charge in [-0.25, -0.2) is 4.99 Å². The molecule has 0 amide bonds. The Morgan fingerprint density at radius 2 is 1.53 bits per heavy atom. The van der Waals surface area contributed by atoms with Crippen LogP contribution in [0.25, 0.3) is 0 Å². The minimum absolute atomic E-state index is 0.0282. The summed E-state index contributed by atoms with van der Waals surface area (Å²) in [5, 5.41) is 0. The lowest BCUT2D eigenvalue weighted by Gasteiger charge is -2.15. The van der Waals surface area contributed by atoms with Crippen LogP contribution in [-0.4, -0.2) is 25.7 Å². The van der Waals surface area contributed by atoms with Gasteiger partial charge in [0.05, 0.1) is 10.6 Å². The molecule has 2 aromatic carbocycles. The molecule has 0 bridgehead atoms. The third kappa shape index (κ3) is 4.89. The lowest BCUT2D eigenvalue weighted by Crippen LogP contribution is -2.17. The molecule has 0 atom stereocenters. The summed E-state index contributed by atoms with van der Waals surface area (Å²) in [6.45, 7) is 7.54. The zero-order valence-corrected chi connectivity index (χ0v) is 18.3. The van der Waals surface area contributed by atoms with E-state index in [1.807, 2.05) is 26.8 Å². The van der Waals surface area contributed by atoms with Crippen LogP contribution < -0.4 is 0 Å². The average Bonchev–Trinajstić information content (AvgIpc) is 2.70. The summed E-state index contributed by atoms with van der Waals surface area (Å²) in [5.41, 5.74) is 3.36. The van der Waals surface area contributed by atoms with E-state index in [4.69, 9.17) is 0 Å². The van der Waals surface area contributed by atoms with Crippen LogP contribution in [0.5, 0.6) is 0 Å². The number of rotatable bonds is 4. The summed E-state index contributed by atoms with van der Waals surface area (Å²) in [4.78, 5) is 16.9. The maximum absolute atomic E-state index is 12.9. The second kappa shape index (κ2) is 8.71. The van der Waals surface area contributed by atoms with E-state index in [0.717, 1.165) is 5.56 Å². The third-order valence-corrected chi connectivity index (χ3v) is 6.02.